The van der Waals surface area contributed by atoms with E-state index in [0.717, 1.165) is 25.7 Å². The Bertz CT molecular complexity index is 117. The maximum absolute atomic E-state index is 11.7. The van der Waals surface area contributed by atoms with Gasteiger partial charge in [-0.05, 0) is 25.2 Å². The Kier molecular flexibility index (Phi) is 3.24. The number of alkyl halides is 2. The van der Waals surface area contributed by atoms with Crippen LogP contribution in [0, 0.1) is 5.92 Å². The molecule has 1 unspecified atom stereocenters. The van der Waals surface area contributed by atoms with Crippen molar-refractivity contribution in [3.05, 3.63) is 0 Å². The number of rotatable bonds is 3. The van der Waals surface area contributed by atoms with Crippen molar-refractivity contribution in [2.45, 2.75) is 45.3 Å². The number of halogens is 2. The smallest absolute Gasteiger partial charge is 0.320 e. The zero-order chi connectivity index (χ0) is 8.27. The molecule has 2 atom stereocenters. The summed E-state index contributed by atoms with van der Waals surface area (Å²) in [6, 6.07) is 0. The molecule has 0 aliphatic heterocycles. The number of hydrogen-bond donors (Lipinski definition) is 0. The molecule has 1 nitrogen and oxygen atoms in total. The lowest BCUT2D eigenvalue weighted by Gasteiger charge is -2.10. The van der Waals surface area contributed by atoms with E-state index < -0.39 is 6.61 Å². The van der Waals surface area contributed by atoms with Gasteiger partial charge in [0, 0.05) is 0 Å². The van der Waals surface area contributed by atoms with Crippen molar-refractivity contribution in [1.82, 2.24) is 0 Å². The predicted octanol–water partition coefficient (Wildman–Crippen LogP) is 2.80. The lowest BCUT2D eigenvalue weighted by molar-refractivity contribution is -0.161. The average molecular weight is 164 g/mol. The van der Waals surface area contributed by atoms with Crippen LogP contribution >= 0.6 is 0 Å². The zero-order valence-corrected chi connectivity index (χ0v) is 6.72. The topological polar surface area (TPSA) is 9.23 Å². The van der Waals surface area contributed by atoms with Crippen LogP contribution in [0.15, 0.2) is 0 Å². The summed E-state index contributed by atoms with van der Waals surface area (Å²) in [4.78, 5) is 0. The highest BCUT2D eigenvalue weighted by molar-refractivity contribution is 4.74. The summed E-state index contributed by atoms with van der Waals surface area (Å²) in [6.45, 7) is -0.495. The molecule has 0 aromatic carbocycles. The number of hydrogen-bond acceptors (Lipinski definition) is 1. The van der Waals surface area contributed by atoms with E-state index >= 15 is 0 Å². The molecule has 0 aromatic heterocycles. The Morgan fingerprint density at radius 3 is 2.64 bits per heavy atom. The van der Waals surface area contributed by atoms with Crippen LogP contribution < -0.4 is 0 Å². The summed E-state index contributed by atoms with van der Waals surface area (Å²) in [5.74, 6) is 0.610. The van der Waals surface area contributed by atoms with Crippen molar-refractivity contribution in [3.63, 3.8) is 0 Å². The van der Waals surface area contributed by atoms with Crippen molar-refractivity contribution in [1.29, 1.82) is 0 Å². The van der Waals surface area contributed by atoms with Gasteiger partial charge in [0.2, 0.25) is 0 Å². The molecule has 0 spiro atoms. The quantitative estimate of drug-likeness (QED) is 0.623. The van der Waals surface area contributed by atoms with E-state index in [1.807, 2.05) is 0 Å². The molecule has 1 fully saturated rings. The monoisotopic (exact) mass is 164 g/mol. The molecule has 0 saturated heterocycles. The van der Waals surface area contributed by atoms with Gasteiger partial charge < -0.3 is 4.74 Å². The minimum absolute atomic E-state index is 0.181. The van der Waals surface area contributed by atoms with Gasteiger partial charge in [-0.1, -0.05) is 13.3 Å². The van der Waals surface area contributed by atoms with Gasteiger partial charge in [0.25, 0.3) is 0 Å². The van der Waals surface area contributed by atoms with Gasteiger partial charge in [-0.3, -0.25) is 0 Å². The summed E-state index contributed by atoms with van der Waals surface area (Å²) in [7, 11) is 0. The van der Waals surface area contributed by atoms with Crippen molar-refractivity contribution in [3.8, 4) is 0 Å². The third-order valence-corrected chi connectivity index (χ3v) is 2.37. The van der Waals surface area contributed by atoms with E-state index in [0.29, 0.717) is 5.92 Å². The molecule has 0 bridgehead atoms. The first-order valence-corrected chi connectivity index (χ1v) is 4.16. The second-order valence-corrected chi connectivity index (χ2v) is 3.11. The summed E-state index contributed by atoms with van der Waals surface area (Å²) in [5.41, 5.74) is 0. The Hall–Kier alpha value is -0.180. The predicted molar refractivity (Wildman–Crippen MR) is 38.5 cm³/mol. The van der Waals surface area contributed by atoms with Crippen molar-refractivity contribution < 1.29 is 13.5 Å². The highest BCUT2D eigenvalue weighted by Crippen LogP contribution is 2.30. The Morgan fingerprint density at radius 2 is 2.18 bits per heavy atom. The lowest BCUT2D eigenvalue weighted by atomic mass is 10.1. The fraction of sp³-hybridized carbons (Fsp3) is 1.00. The summed E-state index contributed by atoms with van der Waals surface area (Å²) in [5, 5.41) is 0. The summed E-state index contributed by atoms with van der Waals surface area (Å²) >= 11 is 0. The van der Waals surface area contributed by atoms with Crippen molar-refractivity contribution in [2.24, 2.45) is 5.92 Å². The second kappa shape index (κ2) is 4.00. The molecule has 0 N–H and O–H groups in total. The fourth-order valence-electron chi connectivity index (χ4n) is 1.67. The van der Waals surface area contributed by atoms with Gasteiger partial charge in [0.1, 0.15) is 0 Å². The van der Waals surface area contributed by atoms with E-state index in [1.54, 1.807) is 0 Å². The molecular weight excluding hydrogens is 150 g/mol. The van der Waals surface area contributed by atoms with Gasteiger partial charge in [-0.2, -0.15) is 8.78 Å². The minimum atomic E-state index is -2.59. The van der Waals surface area contributed by atoms with Crippen LogP contribution in [0.2, 0.25) is 0 Å². The van der Waals surface area contributed by atoms with Crippen LogP contribution in [-0.4, -0.2) is 12.7 Å². The zero-order valence-electron chi connectivity index (χ0n) is 6.72. The van der Waals surface area contributed by atoms with E-state index in [9.17, 15) is 8.78 Å². The van der Waals surface area contributed by atoms with Crippen LogP contribution in [-0.2, 0) is 4.74 Å². The third-order valence-electron chi connectivity index (χ3n) is 2.37. The lowest BCUT2D eigenvalue weighted by Crippen LogP contribution is -2.12. The van der Waals surface area contributed by atoms with E-state index in [1.165, 1.54) is 0 Å². The summed E-state index contributed by atoms with van der Waals surface area (Å²) in [6.07, 6.45) is 3.58. The molecule has 1 rings (SSSR count). The molecule has 0 heterocycles. The normalized spacial score (nSPS) is 31.6. The third kappa shape index (κ3) is 2.73. The molecule has 0 aromatic rings. The molecule has 1 aliphatic carbocycles. The van der Waals surface area contributed by atoms with Gasteiger partial charge in [-0.25, -0.2) is 0 Å². The highest BCUT2D eigenvalue weighted by atomic mass is 19.3. The van der Waals surface area contributed by atoms with Gasteiger partial charge >= 0.3 is 6.61 Å². The number of ether oxygens (including phenoxy) is 1. The maximum Gasteiger partial charge on any atom is 0.345 e. The largest absolute Gasteiger partial charge is 0.345 e. The first-order valence-electron chi connectivity index (χ1n) is 4.16. The Balaban J connectivity index is 2.19. The average Bonchev–Trinajstić information content (AvgIpc) is 2.34. The van der Waals surface area contributed by atoms with Crippen LogP contribution in [0.25, 0.3) is 0 Å². The van der Waals surface area contributed by atoms with Crippen molar-refractivity contribution in [2.75, 3.05) is 0 Å². The molecule has 11 heavy (non-hydrogen) atoms. The first-order chi connectivity index (χ1) is 5.22. The molecule has 1 aliphatic rings. The van der Waals surface area contributed by atoms with Gasteiger partial charge in [-0.15, -0.1) is 0 Å². The van der Waals surface area contributed by atoms with E-state index in [2.05, 4.69) is 11.7 Å². The second-order valence-electron chi connectivity index (χ2n) is 3.11. The molecule has 1 saturated carbocycles. The van der Waals surface area contributed by atoms with E-state index in [-0.39, 0.29) is 6.10 Å². The van der Waals surface area contributed by atoms with Crippen LogP contribution in [0.1, 0.15) is 32.6 Å². The SMILES string of the molecule is CC[C@@H]1CCC(OC(F)F)C1. The molecule has 0 radical (unpaired) electrons. The minimum Gasteiger partial charge on any atom is -0.320 e. The van der Waals surface area contributed by atoms with Crippen LogP contribution in [0.3, 0.4) is 0 Å². The molecule has 3 heteroatoms. The van der Waals surface area contributed by atoms with Gasteiger partial charge in [0.15, 0.2) is 0 Å². The fourth-order valence-corrected chi connectivity index (χ4v) is 1.67. The molecular formula is C8H14F2O. The maximum atomic E-state index is 11.7. The first kappa shape index (κ1) is 8.91. The van der Waals surface area contributed by atoms with Gasteiger partial charge in [0.05, 0.1) is 6.10 Å². The highest BCUT2D eigenvalue weighted by Gasteiger charge is 2.25. The standard InChI is InChI=1S/C8H14F2O/c1-2-6-3-4-7(5-6)11-8(9)10/h6-8H,2-5H2,1H3/t6-,7?/m1/s1. The Morgan fingerprint density at radius 1 is 1.45 bits per heavy atom. The van der Waals surface area contributed by atoms with Crippen molar-refractivity contribution >= 4 is 0 Å². The Labute approximate surface area is 65.7 Å². The molecule has 66 valence electrons. The van der Waals surface area contributed by atoms with Crippen LogP contribution in [0.4, 0.5) is 8.78 Å². The van der Waals surface area contributed by atoms with E-state index in [4.69, 9.17) is 0 Å². The van der Waals surface area contributed by atoms with Crippen LogP contribution in [0.5, 0.6) is 0 Å². The molecule has 0 amide bonds. The summed E-state index contributed by atoms with van der Waals surface area (Å²) < 4.78 is 27.8.